The van der Waals surface area contributed by atoms with Gasteiger partial charge in [-0.05, 0) is 42.4 Å². The summed E-state index contributed by atoms with van der Waals surface area (Å²) in [6.45, 7) is 2.29. The van der Waals surface area contributed by atoms with Crippen molar-refractivity contribution in [3.8, 4) is 22.5 Å². The highest BCUT2D eigenvalue weighted by Gasteiger charge is 2.24. The van der Waals surface area contributed by atoms with Crippen LogP contribution in [0.3, 0.4) is 0 Å². The van der Waals surface area contributed by atoms with Crippen molar-refractivity contribution in [2.24, 2.45) is 0 Å². The van der Waals surface area contributed by atoms with Crippen LogP contribution in [-0.2, 0) is 29.1 Å². The minimum absolute atomic E-state index is 0.0305. The van der Waals surface area contributed by atoms with Crippen molar-refractivity contribution in [1.29, 1.82) is 0 Å². The van der Waals surface area contributed by atoms with Crippen LogP contribution in [0.1, 0.15) is 36.8 Å². The van der Waals surface area contributed by atoms with Gasteiger partial charge in [0.15, 0.2) is 5.15 Å². The third kappa shape index (κ3) is 6.27. The number of likely N-dealkylation sites (N-methyl/N-ethyl adjacent to an activating group) is 1. The van der Waals surface area contributed by atoms with Crippen molar-refractivity contribution in [2.75, 3.05) is 20.7 Å². The van der Waals surface area contributed by atoms with Gasteiger partial charge in [-0.25, -0.2) is 4.98 Å². The van der Waals surface area contributed by atoms with Gasteiger partial charge in [-0.3, -0.25) is 9.69 Å². The van der Waals surface area contributed by atoms with E-state index in [1.807, 2.05) is 28.8 Å². The lowest BCUT2D eigenvalue weighted by Crippen LogP contribution is -2.40. The summed E-state index contributed by atoms with van der Waals surface area (Å²) in [6.07, 6.45) is 2.74. The molecule has 4 aromatic rings. The first-order valence-electron chi connectivity index (χ1n) is 12.5. The highest BCUT2D eigenvalue weighted by atomic mass is 35.5. The van der Waals surface area contributed by atoms with Crippen LogP contribution in [0.25, 0.3) is 22.5 Å². The molecule has 0 amide bonds. The minimum atomic E-state index is -0.743. The number of nitrogens with zero attached hydrogens (tertiary/aromatic N) is 6. The Morgan fingerprint density at radius 3 is 2.53 bits per heavy atom. The summed E-state index contributed by atoms with van der Waals surface area (Å²) in [6, 6.07) is 15.4. The van der Waals surface area contributed by atoms with Crippen molar-refractivity contribution < 1.29 is 14.6 Å². The van der Waals surface area contributed by atoms with Gasteiger partial charge in [-0.2, -0.15) is 5.21 Å². The second kappa shape index (κ2) is 12.8. The number of aliphatic hydroxyl groups excluding tert-OH is 1. The summed E-state index contributed by atoms with van der Waals surface area (Å²) in [5, 5.41) is 24.3. The molecule has 2 heterocycles. The van der Waals surface area contributed by atoms with Crippen molar-refractivity contribution in [1.82, 2.24) is 35.1 Å². The zero-order chi connectivity index (χ0) is 27.1. The molecule has 2 N–H and O–H groups in total. The Hall–Kier alpha value is -3.60. The number of halogens is 1. The van der Waals surface area contributed by atoms with E-state index in [4.69, 9.17) is 16.3 Å². The smallest absolute Gasteiger partial charge is 0.326 e. The minimum Gasteiger partial charge on any atom is -0.458 e. The molecule has 2 aromatic carbocycles. The monoisotopic (exact) mass is 537 g/mol. The van der Waals surface area contributed by atoms with Gasteiger partial charge in [0.05, 0.1) is 12.3 Å². The Bertz CT molecular complexity index is 1340. The van der Waals surface area contributed by atoms with Gasteiger partial charge in [0.25, 0.3) is 0 Å². The molecule has 0 fully saturated rings. The van der Waals surface area contributed by atoms with Gasteiger partial charge in [-0.15, -0.1) is 10.2 Å². The van der Waals surface area contributed by atoms with E-state index < -0.39 is 12.0 Å². The van der Waals surface area contributed by atoms with Crippen LogP contribution in [-0.4, -0.2) is 72.9 Å². The molecule has 0 unspecified atom stereocenters. The number of esters is 1. The van der Waals surface area contributed by atoms with Crippen LogP contribution in [0, 0.1) is 0 Å². The molecule has 0 saturated heterocycles. The van der Waals surface area contributed by atoms with Crippen molar-refractivity contribution in [2.45, 2.75) is 45.4 Å². The fourth-order valence-corrected chi connectivity index (χ4v) is 4.47. The molecule has 4 rings (SSSR count). The van der Waals surface area contributed by atoms with Gasteiger partial charge >= 0.3 is 5.97 Å². The first-order valence-corrected chi connectivity index (χ1v) is 12.9. The molecule has 0 saturated carbocycles. The van der Waals surface area contributed by atoms with Crippen LogP contribution in [0.15, 0.2) is 48.5 Å². The highest BCUT2D eigenvalue weighted by Crippen LogP contribution is 2.30. The van der Waals surface area contributed by atoms with Gasteiger partial charge in [0.2, 0.25) is 5.82 Å². The summed E-state index contributed by atoms with van der Waals surface area (Å²) in [5.41, 5.74) is 4.60. The Labute approximate surface area is 226 Å². The van der Waals surface area contributed by atoms with E-state index >= 15 is 0 Å². The van der Waals surface area contributed by atoms with E-state index in [1.165, 1.54) is 0 Å². The highest BCUT2D eigenvalue weighted by molar-refractivity contribution is 6.30. The second-order valence-electron chi connectivity index (χ2n) is 9.20. The van der Waals surface area contributed by atoms with Gasteiger partial charge in [0.1, 0.15) is 18.5 Å². The van der Waals surface area contributed by atoms with E-state index in [2.05, 4.69) is 56.8 Å². The molecular weight excluding hydrogens is 506 g/mol. The van der Waals surface area contributed by atoms with Gasteiger partial charge < -0.3 is 14.4 Å². The van der Waals surface area contributed by atoms with Gasteiger partial charge in [-0.1, -0.05) is 73.5 Å². The summed E-state index contributed by atoms with van der Waals surface area (Å²) in [7, 11) is 3.43. The topological polar surface area (TPSA) is 122 Å². The molecule has 2 aromatic heterocycles. The molecule has 0 spiro atoms. The summed E-state index contributed by atoms with van der Waals surface area (Å²) >= 11 is 6.52. The number of aromatic nitrogens is 6. The predicted molar refractivity (Wildman–Crippen MR) is 144 cm³/mol. The lowest BCUT2D eigenvalue weighted by atomic mass is 9.98. The number of rotatable bonds is 12. The number of carbonyl (C=O) groups excluding carboxylic acids is 1. The fourth-order valence-electron chi connectivity index (χ4n) is 4.22. The third-order valence-electron chi connectivity index (χ3n) is 6.40. The molecule has 1 atom stereocenters. The summed E-state index contributed by atoms with van der Waals surface area (Å²) in [4.78, 5) is 18.7. The Morgan fingerprint density at radius 1 is 1.16 bits per heavy atom. The SMILES string of the molecule is CCCCc1nc(Cl)c(COC(=O)[C@H](CO)N(C)C)n1Cc1ccc(-c2ccccc2-c2nn[nH]n2)cc1. The number of unbranched alkanes of at least 4 members (excludes halogenated alkanes) is 1. The first kappa shape index (κ1) is 27.4. The number of imidazole rings is 1. The standard InChI is InChI=1S/C27H32ClN7O3/c1-4-5-10-24-29-25(28)23(17-38-27(37)22(16-36)34(2)3)35(24)15-18-11-13-19(14-12-18)20-8-6-7-9-21(20)26-30-32-33-31-26/h6-9,11-14,22,36H,4-5,10,15-17H2,1-3H3,(H,30,31,32,33)/t22-/m0/s1. The molecule has 11 heteroatoms. The average Bonchev–Trinajstić information content (AvgIpc) is 3.55. The lowest BCUT2D eigenvalue weighted by molar-refractivity contribution is -0.152. The number of H-pyrrole nitrogens is 1. The largest absolute Gasteiger partial charge is 0.458 e. The van der Waals surface area contributed by atoms with Gasteiger partial charge in [0, 0.05) is 18.5 Å². The average molecular weight is 538 g/mol. The molecule has 200 valence electrons. The summed E-state index contributed by atoms with van der Waals surface area (Å²) < 4.78 is 7.56. The molecule has 0 radical (unpaired) electrons. The van der Waals surface area contributed by atoms with Crippen molar-refractivity contribution in [3.63, 3.8) is 0 Å². The van der Waals surface area contributed by atoms with E-state index in [0.717, 1.165) is 47.3 Å². The number of ether oxygens (including phenoxy) is 1. The van der Waals surface area contributed by atoms with E-state index in [-0.39, 0.29) is 13.2 Å². The number of tetrazole rings is 1. The quantitative estimate of drug-likeness (QED) is 0.262. The molecule has 10 nitrogen and oxygen atoms in total. The molecule has 38 heavy (non-hydrogen) atoms. The Kier molecular flexibility index (Phi) is 9.22. The third-order valence-corrected chi connectivity index (χ3v) is 6.70. The zero-order valence-electron chi connectivity index (χ0n) is 21.8. The van der Waals surface area contributed by atoms with Crippen LogP contribution < -0.4 is 0 Å². The Balaban J connectivity index is 1.58. The van der Waals surface area contributed by atoms with Crippen molar-refractivity contribution in [3.05, 3.63) is 70.8 Å². The number of aromatic amines is 1. The molecular formula is C27H32ClN7O3. The number of nitrogens with one attached hydrogen (secondary N) is 1. The number of hydrogen-bond donors (Lipinski definition) is 2. The number of benzene rings is 2. The predicted octanol–water partition coefficient (Wildman–Crippen LogP) is 3.74. The van der Waals surface area contributed by atoms with E-state index in [0.29, 0.717) is 23.2 Å². The maximum atomic E-state index is 12.5. The number of aryl methyl sites for hydroxylation is 1. The first-order chi connectivity index (χ1) is 18.4. The fraction of sp³-hybridized carbons (Fsp3) is 0.370. The van der Waals surface area contributed by atoms with Crippen molar-refractivity contribution >= 4 is 17.6 Å². The molecule has 0 aliphatic heterocycles. The maximum absolute atomic E-state index is 12.5. The normalized spacial score (nSPS) is 12.2. The Morgan fingerprint density at radius 2 is 1.89 bits per heavy atom. The second-order valence-corrected chi connectivity index (χ2v) is 9.56. The molecule has 0 aliphatic rings. The number of carbonyl (C=O) groups is 1. The summed E-state index contributed by atoms with van der Waals surface area (Å²) in [5.74, 6) is 0.872. The lowest BCUT2D eigenvalue weighted by Gasteiger charge is -2.20. The van der Waals surface area contributed by atoms with Crippen LogP contribution >= 0.6 is 11.6 Å². The van der Waals surface area contributed by atoms with Crippen LogP contribution in [0.2, 0.25) is 5.15 Å². The molecule has 0 bridgehead atoms. The van der Waals surface area contributed by atoms with E-state index in [9.17, 15) is 9.90 Å². The zero-order valence-corrected chi connectivity index (χ0v) is 22.5. The number of hydrogen-bond acceptors (Lipinski definition) is 8. The van der Waals surface area contributed by atoms with Crippen LogP contribution in [0.4, 0.5) is 0 Å². The maximum Gasteiger partial charge on any atom is 0.326 e. The number of aliphatic hydroxyl groups is 1. The van der Waals surface area contributed by atoms with E-state index in [1.54, 1.807) is 19.0 Å². The van der Waals surface area contributed by atoms with Crippen LogP contribution in [0.5, 0.6) is 0 Å². The molecule has 0 aliphatic carbocycles.